The van der Waals surface area contributed by atoms with Crippen LogP contribution in [0.25, 0.3) is 10.9 Å². The minimum Gasteiger partial charge on any atom is -0.361 e. The van der Waals surface area contributed by atoms with Crippen molar-refractivity contribution < 1.29 is 0 Å². The van der Waals surface area contributed by atoms with E-state index in [2.05, 4.69) is 68.9 Å². The van der Waals surface area contributed by atoms with Gasteiger partial charge < -0.3 is 10.3 Å². The maximum Gasteiger partial charge on any atom is 0.0929 e. The molecule has 4 N–H and O–H groups in total. The number of fused-ring (bicyclic) bond motifs is 1. The van der Waals surface area contributed by atoms with Crippen LogP contribution in [0.5, 0.6) is 0 Å². The molecule has 6 heteroatoms. The minimum absolute atomic E-state index is 0.125. The normalized spacial score (nSPS) is 22.4. The van der Waals surface area contributed by atoms with Gasteiger partial charge in [-0.3, -0.25) is 4.98 Å². The van der Waals surface area contributed by atoms with E-state index in [4.69, 9.17) is 4.98 Å². The highest BCUT2D eigenvalue weighted by atomic mass is 15.7. The minimum atomic E-state index is -0.125. The van der Waals surface area contributed by atoms with Gasteiger partial charge in [0, 0.05) is 43.4 Å². The number of benzene rings is 1. The first kappa shape index (κ1) is 20.0. The summed E-state index contributed by atoms with van der Waals surface area (Å²) in [6.45, 7) is 1.00. The molecule has 0 saturated heterocycles. The number of H-pyrrole nitrogens is 1. The van der Waals surface area contributed by atoms with Crippen molar-refractivity contribution in [2.45, 2.75) is 43.7 Å². The highest BCUT2D eigenvalue weighted by Gasteiger charge is 2.42. The standard InChI is InChI=1S/C23H32N6/c1-24-29(25-2)23(22-9-5-6-15-27-22)13-10-19(11-14-23)26-16-12-18-17-28-21-8-4-3-7-20(18)21/h3-9,15,17,19,24-26,28H,10-14,16H2,1-2H3. The summed E-state index contributed by atoms with van der Waals surface area (Å²) in [5.74, 6) is 0. The van der Waals surface area contributed by atoms with Crippen molar-refractivity contribution in [3.63, 3.8) is 0 Å². The van der Waals surface area contributed by atoms with Gasteiger partial charge >= 0.3 is 0 Å². The molecule has 0 spiro atoms. The maximum absolute atomic E-state index is 4.70. The molecule has 0 radical (unpaired) electrons. The fraction of sp³-hybridized carbons (Fsp3) is 0.435. The predicted octanol–water partition coefficient (Wildman–Crippen LogP) is 3.10. The van der Waals surface area contributed by atoms with Crippen LogP contribution in [-0.2, 0) is 12.0 Å². The second kappa shape index (κ2) is 9.05. The summed E-state index contributed by atoms with van der Waals surface area (Å²) in [6.07, 6.45) is 9.45. The van der Waals surface area contributed by atoms with Gasteiger partial charge in [-0.25, -0.2) is 10.9 Å². The molecule has 6 nitrogen and oxygen atoms in total. The van der Waals surface area contributed by atoms with E-state index in [1.54, 1.807) is 0 Å². The van der Waals surface area contributed by atoms with Crippen molar-refractivity contribution >= 4 is 10.9 Å². The van der Waals surface area contributed by atoms with Crippen LogP contribution in [0, 0.1) is 0 Å². The summed E-state index contributed by atoms with van der Waals surface area (Å²) >= 11 is 0. The van der Waals surface area contributed by atoms with Crippen molar-refractivity contribution in [1.29, 1.82) is 0 Å². The van der Waals surface area contributed by atoms with Gasteiger partial charge in [0.25, 0.3) is 0 Å². The van der Waals surface area contributed by atoms with Crippen LogP contribution in [0.2, 0.25) is 0 Å². The van der Waals surface area contributed by atoms with Crippen LogP contribution in [-0.4, -0.2) is 41.8 Å². The van der Waals surface area contributed by atoms with Crippen molar-refractivity contribution in [2.75, 3.05) is 20.6 Å². The van der Waals surface area contributed by atoms with Crippen molar-refractivity contribution in [2.24, 2.45) is 0 Å². The van der Waals surface area contributed by atoms with E-state index < -0.39 is 0 Å². The van der Waals surface area contributed by atoms with Gasteiger partial charge in [0.1, 0.15) is 0 Å². The van der Waals surface area contributed by atoms with E-state index in [0.717, 1.165) is 44.3 Å². The van der Waals surface area contributed by atoms with E-state index in [0.29, 0.717) is 6.04 Å². The summed E-state index contributed by atoms with van der Waals surface area (Å²) in [5.41, 5.74) is 10.2. The third kappa shape index (κ3) is 4.07. The number of pyridine rings is 1. The van der Waals surface area contributed by atoms with Crippen molar-refractivity contribution in [3.8, 4) is 0 Å². The van der Waals surface area contributed by atoms with Gasteiger partial charge in [-0.05, 0) is 62.4 Å². The third-order valence-electron chi connectivity index (χ3n) is 6.33. The summed E-state index contributed by atoms with van der Waals surface area (Å²) in [5, 5.41) is 7.26. The number of aromatic nitrogens is 2. The molecule has 0 unspecified atom stereocenters. The number of nitrogens with one attached hydrogen (secondary N) is 4. The van der Waals surface area contributed by atoms with E-state index >= 15 is 0 Å². The SMILES string of the molecule is CNN(NC)C1(c2ccccn2)CCC(NCCc2c[nH]c3ccccc23)CC1. The van der Waals surface area contributed by atoms with Crippen LogP contribution in [0.3, 0.4) is 0 Å². The smallest absolute Gasteiger partial charge is 0.0929 e. The topological polar surface area (TPSA) is 68.0 Å². The number of aromatic amines is 1. The largest absolute Gasteiger partial charge is 0.361 e. The maximum atomic E-state index is 4.70. The van der Waals surface area contributed by atoms with Crippen molar-refractivity contribution in [1.82, 2.24) is 31.3 Å². The second-order valence-electron chi connectivity index (χ2n) is 7.87. The molecular weight excluding hydrogens is 360 g/mol. The molecule has 154 valence electrons. The zero-order valence-corrected chi connectivity index (χ0v) is 17.4. The molecule has 29 heavy (non-hydrogen) atoms. The van der Waals surface area contributed by atoms with Crippen LogP contribution < -0.4 is 16.2 Å². The lowest BCUT2D eigenvalue weighted by Crippen LogP contribution is -2.60. The lowest BCUT2D eigenvalue weighted by molar-refractivity contribution is -0.0387. The molecule has 1 aliphatic carbocycles. The first-order valence-corrected chi connectivity index (χ1v) is 10.6. The molecule has 2 aromatic heterocycles. The summed E-state index contributed by atoms with van der Waals surface area (Å²) < 4.78 is 0. The Hall–Kier alpha value is -2.25. The number of hydrogen-bond acceptors (Lipinski definition) is 5. The molecule has 0 bridgehead atoms. The Morgan fingerprint density at radius 1 is 1.07 bits per heavy atom. The van der Waals surface area contributed by atoms with Gasteiger partial charge in [-0.2, -0.15) is 5.12 Å². The van der Waals surface area contributed by atoms with Crippen LogP contribution in [0.15, 0.2) is 54.9 Å². The van der Waals surface area contributed by atoms with Gasteiger partial charge in [-0.15, -0.1) is 0 Å². The summed E-state index contributed by atoms with van der Waals surface area (Å²) in [7, 11) is 3.93. The Kier molecular flexibility index (Phi) is 6.25. The lowest BCUT2D eigenvalue weighted by atomic mass is 9.77. The molecule has 2 heterocycles. The van der Waals surface area contributed by atoms with Gasteiger partial charge in [0.05, 0.1) is 11.2 Å². The average Bonchev–Trinajstić information content (AvgIpc) is 3.19. The molecule has 4 rings (SSSR count). The molecule has 0 aliphatic heterocycles. The number of hydrazine groups is 2. The first-order valence-electron chi connectivity index (χ1n) is 10.6. The van der Waals surface area contributed by atoms with Crippen LogP contribution in [0.4, 0.5) is 0 Å². The van der Waals surface area contributed by atoms with Gasteiger partial charge in [-0.1, -0.05) is 24.3 Å². The fourth-order valence-corrected chi connectivity index (χ4v) is 4.82. The molecular formula is C23H32N6. The monoisotopic (exact) mass is 392 g/mol. The zero-order valence-electron chi connectivity index (χ0n) is 17.4. The molecule has 1 fully saturated rings. The first-order chi connectivity index (χ1) is 14.3. The van der Waals surface area contributed by atoms with Gasteiger partial charge in [0.2, 0.25) is 0 Å². The highest BCUT2D eigenvalue weighted by molar-refractivity contribution is 5.83. The molecule has 1 aromatic carbocycles. The third-order valence-corrected chi connectivity index (χ3v) is 6.33. The number of rotatable bonds is 8. The van der Waals surface area contributed by atoms with Gasteiger partial charge in [0.15, 0.2) is 0 Å². The number of para-hydroxylation sites is 1. The molecule has 0 atom stereocenters. The molecule has 1 aliphatic rings. The lowest BCUT2D eigenvalue weighted by Gasteiger charge is -2.46. The average molecular weight is 393 g/mol. The molecule has 3 aromatic rings. The Morgan fingerprint density at radius 2 is 1.83 bits per heavy atom. The Morgan fingerprint density at radius 3 is 2.55 bits per heavy atom. The quantitative estimate of drug-likeness (QED) is 0.444. The molecule has 1 saturated carbocycles. The van der Waals surface area contributed by atoms with Crippen LogP contribution in [0.1, 0.15) is 36.9 Å². The zero-order chi connectivity index (χ0) is 20.1. The van der Waals surface area contributed by atoms with Crippen molar-refractivity contribution in [3.05, 3.63) is 66.1 Å². The predicted molar refractivity (Wildman–Crippen MR) is 118 cm³/mol. The number of hydrogen-bond donors (Lipinski definition) is 4. The van der Waals surface area contributed by atoms with E-state index in [-0.39, 0.29) is 5.54 Å². The summed E-state index contributed by atoms with van der Waals surface area (Å²) in [6, 6.07) is 15.3. The fourth-order valence-electron chi connectivity index (χ4n) is 4.82. The molecule has 0 amide bonds. The number of nitrogens with zero attached hydrogens (tertiary/aromatic N) is 2. The van der Waals surface area contributed by atoms with E-state index in [1.165, 1.54) is 16.5 Å². The Bertz CT molecular complexity index is 894. The second-order valence-corrected chi connectivity index (χ2v) is 7.87. The Balaban J connectivity index is 1.37. The Labute approximate surface area is 173 Å². The van der Waals surface area contributed by atoms with Crippen LogP contribution >= 0.6 is 0 Å². The highest BCUT2D eigenvalue weighted by Crippen LogP contribution is 2.39. The van der Waals surface area contributed by atoms with E-state index in [1.807, 2.05) is 26.4 Å². The van der Waals surface area contributed by atoms with E-state index in [9.17, 15) is 0 Å². The summed E-state index contributed by atoms with van der Waals surface area (Å²) in [4.78, 5) is 8.07.